The summed E-state index contributed by atoms with van der Waals surface area (Å²) in [5.74, 6) is 6.05. The van der Waals surface area contributed by atoms with Crippen molar-refractivity contribution in [2.45, 2.75) is 45.4 Å². The fourth-order valence-electron chi connectivity index (χ4n) is 5.99. The summed E-state index contributed by atoms with van der Waals surface area (Å²) in [7, 11) is 0. The summed E-state index contributed by atoms with van der Waals surface area (Å²) < 4.78 is 5.37. The second kappa shape index (κ2) is 4.89. The van der Waals surface area contributed by atoms with Crippen LogP contribution in [0.1, 0.15) is 45.4 Å². The number of fused-ring (bicyclic) bond motifs is 9. The maximum absolute atomic E-state index is 12.0. The first-order valence-electron chi connectivity index (χ1n) is 8.62. The molecule has 4 rings (SSSR count). The van der Waals surface area contributed by atoms with Gasteiger partial charge in [0.25, 0.3) is 0 Å². The van der Waals surface area contributed by atoms with Gasteiger partial charge in [-0.2, -0.15) is 0 Å². The van der Waals surface area contributed by atoms with Crippen LogP contribution in [0.2, 0.25) is 0 Å². The van der Waals surface area contributed by atoms with Crippen molar-refractivity contribution < 1.29 is 9.53 Å². The molecule has 2 nitrogen and oxygen atoms in total. The van der Waals surface area contributed by atoms with Crippen LogP contribution >= 0.6 is 0 Å². The highest BCUT2D eigenvalue weighted by molar-refractivity contribution is 5.69. The van der Waals surface area contributed by atoms with E-state index in [2.05, 4.69) is 19.1 Å². The molecule has 0 amide bonds. The molecule has 0 N–H and O–H groups in total. The average molecular weight is 274 g/mol. The van der Waals surface area contributed by atoms with Crippen molar-refractivity contribution in [3.8, 4) is 0 Å². The molecule has 7 unspecified atom stereocenters. The lowest BCUT2D eigenvalue weighted by Crippen LogP contribution is -2.32. The van der Waals surface area contributed by atoms with Gasteiger partial charge in [0, 0.05) is 6.42 Å². The Morgan fingerprint density at radius 3 is 2.75 bits per heavy atom. The van der Waals surface area contributed by atoms with Gasteiger partial charge in [0.2, 0.25) is 0 Å². The topological polar surface area (TPSA) is 26.3 Å². The van der Waals surface area contributed by atoms with Crippen LogP contribution in [0.5, 0.6) is 0 Å². The van der Waals surface area contributed by atoms with E-state index in [4.69, 9.17) is 4.74 Å². The molecule has 4 aliphatic carbocycles. The normalized spacial score (nSPS) is 47.0. The molecule has 7 atom stereocenters. The Kier molecular flexibility index (Phi) is 3.16. The predicted molar refractivity (Wildman–Crippen MR) is 77.9 cm³/mol. The van der Waals surface area contributed by atoms with E-state index < -0.39 is 0 Å². The van der Waals surface area contributed by atoms with Gasteiger partial charge in [0.1, 0.15) is 0 Å². The van der Waals surface area contributed by atoms with Crippen LogP contribution < -0.4 is 0 Å². The molecule has 3 saturated carbocycles. The summed E-state index contributed by atoms with van der Waals surface area (Å²) >= 11 is 0. The Morgan fingerprint density at radius 1 is 1.15 bits per heavy atom. The van der Waals surface area contributed by atoms with Gasteiger partial charge >= 0.3 is 5.97 Å². The maximum Gasteiger partial charge on any atom is 0.306 e. The van der Waals surface area contributed by atoms with Crippen molar-refractivity contribution in [3.05, 3.63) is 12.2 Å². The van der Waals surface area contributed by atoms with E-state index in [0.717, 1.165) is 48.3 Å². The highest BCUT2D eigenvalue weighted by Gasteiger charge is 2.60. The third kappa shape index (κ3) is 1.87. The first-order chi connectivity index (χ1) is 9.78. The molecule has 4 bridgehead atoms. The molecule has 2 heteroatoms. The van der Waals surface area contributed by atoms with Crippen molar-refractivity contribution in [2.75, 3.05) is 6.61 Å². The smallest absolute Gasteiger partial charge is 0.306 e. The molecule has 0 aromatic heterocycles. The number of ether oxygens (including phenoxy) is 1. The first-order valence-corrected chi connectivity index (χ1v) is 8.62. The molecule has 0 heterocycles. The van der Waals surface area contributed by atoms with Crippen LogP contribution in [-0.2, 0) is 9.53 Å². The molecule has 0 aromatic rings. The van der Waals surface area contributed by atoms with Gasteiger partial charge in [-0.1, -0.05) is 25.5 Å². The van der Waals surface area contributed by atoms with Crippen LogP contribution in [0.3, 0.4) is 0 Å². The molecular weight excluding hydrogens is 248 g/mol. The lowest BCUT2D eigenvalue weighted by Gasteiger charge is -2.36. The fourth-order valence-corrected chi connectivity index (χ4v) is 5.99. The van der Waals surface area contributed by atoms with E-state index in [1.165, 1.54) is 19.3 Å². The SMILES string of the molecule is CCCCOC(=O)CC1CC2CC1C1C3C=CC(C3)C21. The van der Waals surface area contributed by atoms with Crippen LogP contribution in [-0.4, -0.2) is 12.6 Å². The van der Waals surface area contributed by atoms with Gasteiger partial charge < -0.3 is 4.74 Å². The first kappa shape index (κ1) is 12.9. The third-order valence-corrected chi connectivity index (χ3v) is 6.60. The molecule has 0 saturated heterocycles. The Bertz CT molecular complexity index is 427. The van der Waals surface area contributed by atoms with Crippen molar-refractivity contribution in [3.63, 3.8) is 0 Å². The van der Waals surface area contributed by atoms with Gasteiger partial charge in [-0.05, 0) is 67.1 Å². The minimum absolute atomic E-state index is 0.0613. The molecular formula is C18H26O2. The molecule has 110 valence electrons. The molecule has 0 spiro atoms. The summed E-state index contributed by atoms with van der Waals surface area (Å²) in [4.78, 5) is 12.0. The molecule has 20 heavy (non-hydrogen) atoms. The Hall–Kier alpha value is -0.790. The Labute approximate surface area is 122 Å². The van der Waals surface area contributed by atoms with Gasteiger partial charge in [-0.25, -0.2) is 0 Å². The molecule has 0 aliphatic heterocycles. The number of carbonyl (C=O) groups excluding carboxylic acids is 1. The monoisotopic (exact) mass is 274 g/mol. The summed E-state index contributed by atoms with van der Waals surface area (Å²) in [6.45, 7) is 2.75. The number of allylic oxidation sites excluding steroid dienone is 2. The Morgan fingerprint density at radius 2 is 1.95 bits per heavy atom. The van der Waals surface area contributed by atoms with Crippen LogP contribution in [0.15, 0.2) is 12.2 Å². The van der Waals surface area contributed by atoms with E-state index in [9.17, 15) is 4.79 Å². The molecule has 4 aliphatic rings. The number of carbonyl (C=O) groups is 1. The summed E-state index contributed by atoms with van der Waals surface area (Å²) in [5.41, 5.74) is 0. The largest absolute Gasteiger partial charge is 0.466 e. The number of esters is 1. The van der Waals surface area contributed by atoms with E-state index >= 15 is 0 Å². The highest BCUT2D eigenvalue weighted by Crippen LogP contribution is 2.67. The van der Waals surface area contributed by atoms with Crippen LogP contribution in [0.25, 0.3) is 0 Å². The van der Waals surface area contributed by atoms with Crippen molar-refractivity contribution in [1.82, 2.24) is 0 Å². The summed E-state index contributed by atoms with van der Waals surface area (Å²) in [6.07, 6.45) is 11.9. The van der Waals surface area contributed by atoms with Crippen LogP contribution in [0, 0.1) is 41.4 Å². The third-order valence-electron chi connectivity index (χ3n) is 6.60. The van der Waals surface area contributed by atoms with E-state index in [1.807, 2.05) is 0 Å². The number of unbranched alkanes of at least 4 members (excludes halogenated alkanes) is 1. The summed E-state index contributed by atoms with van der Waals surface area (Å²) in [6, 6.07) is 0. The zero-order valence-corrected chi connectivity index (χ0v) is 12.5. The van der Waals surface area contributed by atoms with E-state index in [1.54, 1.807) is 0 Å². The fraction of sp³-hybridized carbons (Fsp3) is 0.833. The van der Waals surface area contributed by atoms with E-state index in [-0.39, 0.29) is 5.97 Å². The number of hydrogen-bond acceptors (Lipinski definition) is 2. The quantitative estimate of drug-likeness (QED) is 0.330. The van der Waals surface area contributed by atoms with Gasteiger partial charge in [0.05, 0.1) is 6.61 Å². The zero-order chi connectivity index (χ0) is 13.7. The molecule has 3 fully saturated rings. The van der Waals surface area contributed by atoms with Crippen LogP contribution in [0.4, 0.5) is 0 Å². The second-order valence-corrected chi connectivity index (χ2v) is 7.54. The molecule has 0 aromatic carbocycles. The maximum atomic E-state index is 12.0. The number of hydrogen-bond donors (Lipinski definition) is 0. The van der Waals surface area contributed by atoms with Crippen molar-refractivity contribution in [2.24, 2.45) is 41.4 Å². The van der Waals surface area contributed by atoms with Gasteiger partial charge in [0.15, 0.2) is 0 Å². The number of rotatable bonds is 5. The summed E-state index contributed by atoms with van der Waals surface area (Å²) in [5, 5.41) is 0. The predicted octanol–water partition coefficient (Wildman–Crippen LogP) is 3.81. The van der Waals surface area contributed by atoms with Gasteiger partial charge in [-0.15, -0.1) is 0 Å². The lowest BCUT2D eigenvalue weighted by atomic mass is 9.69. The lowest BCUT2D eigenvalue weighted by molar-refractivity contribution is -0.145. The highest BCUT2D eigenvalue weighted by atomic mass is 16.5. The minimum atomic E-state index is 0.0613. The van der Waals surface area contributed by atoms with Crippen molar-refractivity contribution >= 4 is 5.97 Å². The minimum Gasteiger partial charge on any atom is -0.466 e. The second-order valence-electron chi connectivity index (χ2n) is 7.54. The standard InChI is InChI=1S/C18H26O2/c1-2-3-6-20-16(19)10-13-8-14-9-15(13)18-12-5-4-11(7-12)17(14)18/h4-5,11-15,17-18H,2-3,6-10H2,1H3. The molecule has 0 radical (unpaired) electrons. The Balaban J connectivity index is 1.36. The zero-order valence-electron chi connectivity index (χ0n) is 12.5. The van der Waals surface area contributed by atoms with Crippen molar-refractivity contribution in [1.29, 1.82) is 0 Å². The average Bonchev–Trinajstić information content (AvgIpc) is 3.17. The van der Waals surface area contributed by atoms with E-state index in [0.29, 0.717) is 18.9 Å². The van der Waals surface area contributed by atoms with Gasteiger partial charge in [-0.3, -0.25) is 4.79 Å².